The third-order valence-corrected chi connectivity index (χ3v) is 5.73. The van der Waals surface area contributed by atoms with E-state index in [4.69, 9.17) is 0 Å². The van der Waals surface area contributed by atoms with Crippen LogP contribution in [-0.2, 0) is 6.42 Å². The molecule has 106 valence electrons. The Morgan fingerprint density at radius 3 is 2.53 bits per heavy atom. The normalized spacial score (nSPS) is 16.9. The fraction of sp³-hybridized carbons (Fsp3) is 0.643. The number of halogens is 1. The number of hydrogen-bond donors (Lipinski definition) is 0. The van der Waals surface area contributed by atoms with Crippen molar-refractivity contribution in [2.75, 3.05) is 32.7 Å². The molecule has 0 aromatic carbocycles. The Balaban J connectivity index is 1.97. The monoisotopic (exact) mass is 344 g/mol. The van der Waals surface area contributed by atoms with Crippen molar-refractivity contribution in [2.24, 2.45) is 0 Å². The van der Waals surface area contributed by atoms with Crippen molar-refractivity contribution in [1.29, 1.82) is 0 Å². The zero-order valence-corrected chi connectivity index (χ0v) is 14.0. The Hall–Kier alpha value is -0.390. The Bertz CT molecular complexity index is 439. The van der Waals surface area contributed by atoms with E-state index in [1.165, 1.54) is 11.3 Å². The van der Waals surface area contributed by atoms with Crippen LogP contribution in [0.25, 0.3) is 0 Å². The molecule has 0 unspecified atom stereocenters. The van der Waals surface area contributed by atoms with Gasteiger partial charge < -0.3 is 4.90 Å². The maximum atomic E-state index is 12.4. The van der Waals surface area contributed by atoms with E-state index in [2.05, 4.69) is 34.7 Å². The molecule has 0 aliphatic carbocycles. The lowest BCUT2D eigenvalue weighted by Gasteiger charge is -2.34. The van der Waals surface area contributed by atoms with Crippen LogP contribution in [0, 0.1) is 0 Å². The number of aryl methyl sites for hydroxylation is 1. The predicted octanol–water partition coefficient (Wildman–Crippen LogP) is 3.24. The second-order valence-electron chi connectivity index (χ2n) is 4.87. The molecule has 5 heteroatoms. The molecule has 3 nitrogen and oxygen atoms in total. The van der Waals surface area contributed by atoms with Gasteiger partial charge in [0.05, 0.1) is 4.88 Å². The molecule has 0 radical (unpaired) electrons. The molecule has 1 amide bonds. The highest BCUT2D eigenvalue weighted by Crippen LogP contribution is 2.28. The van der Waals surface area contributed by atoms with Crippen LogP contribution in [0.15, 0.2) is 10.5 Å². The maximum Gasteiger partial charge on any atom is 0.264 e. The van der Waals surface area contributed by atoms with Crippen LogP contribution in [0.3, 0.4) is 0 Å². The fourth-order valence-electron chi connectivity index (χ4n) is 2.40. The van der Waals surface area contributed by atoms with Crippen molar-refractivity contribution >= 4 is 33.2 Å². The molecule has 1 aliphatic heterocycles. The highest BCUT2D eigenvalue weighted by molar-refractivity contribution is 9.10. The van der Waals surface area contributed by atoms with Crippen LogP contribution in [-0.4, -0.2) is 48.4 Å². The Morgan fingerprint density at radius 2 is 2.00 bits per heavy atom. The largest absolute Gasteiger partial charge is 0.335 e. The minimum atomic E-state index is 0.196. The number of piperazine rings is 1. The maximum absolute atomic E-state index is 12.4. The summed E-state index contributed by atoms with van der Waals surface area (Å²) in [5, 5.41) is 0. The van der Waals surface area contributed by atoms with Gasteiger partial charge in [-0.2, -0.15) is 0 Å². The first-order valence-electron chi connectivity index (χ1n) is 6.95. The number of hydrogen-bond acceptors (Lipinski definition) is 3. The quantitative estimate of drug-likeness (QED) is 0.836. The van der Waals surface area contributed by atoms with Gasteiger partial charge in [-0.3, -0.25) is 9.69 Å². The molecule has 0 spiro atoms. The van der Waals surface area contributed by atoms with Gasteiger partial charge >= 0.3 is 0 Å². The molecular formula is C14H21BrN2OS. The summed E-state index contributed by atoms with van der Waals surface area (Å²) in [5.74, 6) is 0.196. The highest BCUT2D eigenvalue weighted by Gasteiger charge is 2.23. The van der Waals surface area contributed by atoms with Crippen molar-refractivity contribution in [1.82, 2.24) is 9.80 Å². The van der Waals surface area contributed by atoms with Gasteiger partial charge in [-0.05, 0) is 41.4 Å². The lowest BCUT2D eigenvalue weighted by Crippen LogP contribution is -2.48. The molecule has 2 heterocycles. The topological polar surface area (TPSA) is 23.6 Å². The van der Waals surface area contributed by atoms with Crippen LogP contribution in [0.1, 0.15) is 34.8 Å². The third-order valence-electron chi connectivity index (χ3n) is 3.49. The molecule has 0 atom stereocenters. The lowest BCUT2D eigenvalue weighted by molar-refractivity contribution is 0.0642. The fourth-order valence-corrected chi connectivity index (χ4v) is 4.26. The number of amides is 1. The summed E-state index contributed by atoms with van der Waals surface area (Å²) in [6.07, 6.45) is 2.16. The van der Waals surface area contributed by atoms with Crippen molar-refractivity contribution in [3.05, 3.63) is 20.3 Å². The minimum absolute atomic E-state index is 0.196. The Morgan fingerprint density at radius 1 is 1.32 bits per heavy atom. The van der Waals surface area contributed by atoms with Crippen LogP contribution < -0.4 is 0 Å². The smallest absolute Gasteiger partial charge is 0.264 e. The molecular weight excluding hydrogens is 324 g/mol. The molecule has 1 aromatic heterocycles. The second kappa shape index (κ2) is 6.86. The van der Waals surface area contributed by atoms with E-state index in [0.29, 0.717) is 0 Å². The van der Waals surface area contributed by atoms with Crippen molar-refractivity contribution in [2.45, 2.75) is 26.7 Å². The van der Waals surface area contributed by atoms with Crippen LogP contribution in [0.2, 0.25) is 0 Å². The van der Waals surface area contributed by atoms with Gasteiger partial charge in [0.25, 0.3) is 5.91 Å². The van der Waals surface area contributed by atoms with E-state index in [1.54, 1.807) is 11.3 Å². The van der Waals surface area contributed by atoms with Gasteiger partial charge in [-0.25, -0.2) is 0 Å². The molecule has 0 bridgehead atoms. The van der Waals surface area contributed by atoms with Crippen LogP contribution >= 0.6 is 27.3 Å². The molecule has 19 heavy (non-hydrogen) atoms. The third kappa shape index (κ3) is 3.58. The van der Waals surface area contributed by atoms with E-state index < -0.39 is 0 Å². The number of carbonyl (C=O) groups is 1. The average molecular weight is 345 g/mol. The molecule has 1 aliphatic rings. The van der Waals surface area contributed by atoms with E-state index in [9.17, 15) is 4.79 Å². The first-order valence-corrected chi connectivity index (χ1v) is 8.56. The summed E-state index contributed by atoms with van der Waals surface area (Å²) >= 11 is 5.15. The average Bonchev–Trinajstić information content (AvgIpc) is 2.80. The van der Waals surface area contributed by atoms with Gasteiger partial charge in [-0.15, -0.1) is 11.3 Å². The highest BCUT2D eigenvalue weighted by atomic mass is 79.9. The predicted molar refractivity (Wildman–Crippen MR) is 84.0 cm³/mol. The van der Waals surface area contributed by atoms with Crippen LogP contribution in [0.4, 0.5) is 0 Å². The minimum Gasteiger partial charge on any atom is -0.335 e. The summed E-state index contributed by atoms with van der Waals surface area (Å²) < 4.78 is 1.08. The van der Waals surface area contributed by atoms with Gasteiger partial charge in [0.2, 0.25) is 0 Å². The molecule has 1 fully saturated rings. The van der Waals surface area contributed by atoms with Gasteiger partial charge in [-0.1, -0.05) is 13.8 Å². The van der Waals surface area contributed by atoms with Gasteiger partial charge in [0, 0.05) is 35.5 Å². The number of carbonyl (C=O) groups excluding carboxylic acids is 1. The van der Waals surface area contributed by atoms with Gasteiger partial charge in [0.15, 0.2) is 0 Å². The molecule has 0 N–H and O–H groups in total. The SMILES string of the molecule is CCCN1CCN(C(=O)c2cc(Br)c(CC)s2)CC1. The number of thiophene rings is 1. The standard InChI is InChI=1S/C14H21BrN2OS/c1-3-5-16-6-8-17(9-7-16)14(18)13-10-11(15)12(4-2)19-13/h10H,3-9H2,1-2H3. The first-order chi connectivity index (χ1) is 9.15. The molecule has 1 aromatic rings. The van der Waals surface area contributed by atoms with Crippen molar-refractivity contribution in [3.63, 3.8) is 0 Å². The first kappa shape index (κ1) is 15.0. The van der Waals surface area contributed by atoms with E-state index in [0.717, 1.165) is 48.5 Å². The van der Waals surface area contributed by atoms with E-state index in [-0.39, 0.29) is 5.91 Å². The Labute approximate surface area is 127 Å². The lowest BCUT2D eigenvalue weighted by atomic mass is 10.2. The summed E-state index contributed by atoms with van der Waals surface area (Å²) in [6, 6.07) is 1.98. The Kier molecular flexibility index (Phi) is 5.42. The number of nitrogens with zero attached hydrogens (tertiary/aromatic N) is 2. The zero-order valence-electron chi connectivity index (χ0n) is 11.6. The summed E-state index contributed by atoms with van der Waals surface area (Å²) in [5.41, 5.74) is 0. The number of rotatable bonds is 4. The second-order valence-corrected chi connectivity index (χ2v) is 6.86. The molecule has 2 rings (SSSR count). The molecule has 0 saturated carbocycles. The summed E-state index contributed by atoms with van der Waals surface area (Å²) in [4.78, 5) is 19.0. The van der Waals surface area contributed by atoms with E-state index >= 15 is 0 Å². The van der Waals surface area contributed by atoms with Gasteiger partial charge in [0.1, 0.15) is 0 Å². The summed E-state index contributed by atoms with van der Waals surface area (Å²) in [7, 11) is 0. The van der Waals surface area contributed by atoms with E-state index in [1.807, 2.05) is 11.0 Å². The van der Waals surface area contributed by atoms with Crippen LogP contribution in [0.5, 0.6) is 0 Å². The molecule has 1 saturated heterocycles. The summed E-state index contributed by atoms with van der Waals surface area (Å²) in [6.45, 7) is 9.19. The van der Waals surface area contributed by atoms with Crippen molar-refractivity contribution < 1.29 is 4.79 Å². The van der Waals surface area contributed by atoms with Crippen molar-refractivity contribution in [3.8, 4) is 0 Å². The zero-order chi connectivity index (χ0) is 13.8.